The summed E-state index contributed by atoms with van der Waals surface area (Å²) in [5, 5.41) is 10.1. The maximum Gasteiger partial charge on any atom is 0.126 e. The highest BCUT2D eigenvalue weighted by Crippen LogP contribution is 2.23. The van der Waals surface area contributed by atoms with Crippen molar-refractivity contribution in [2.24, 2.45) is 0 Å². The summed E-state index contributed by atoms with van der Waals surface area (Å²) in [6, 6.07) is 9.71. The number of halogens is 2. The molecule has 1 aliphatic carbocycles. The summed E-state index contributed by atoms with van der Waals surface area (Å²) < 4.78 is 26.3. The Morgan fingerprint density at radius 3 is 2.29 bits per heavy atom. The minimum Gasteiger partial charge on any atom is -0.392 e. The van der Waals surface area contributed by atoms with E-state index in [1.165, 1.54) is 29.7 Å². The number of aryl methyl sites for hydroxylation is 2. The van der Waals surface area contributed by atoms with Gasteiger partial charge in [-0.3, -0.25) is 0 Å². The summed E-state index contributed by atoms with van der Waals surface area (Å²) in [7, 11) is 0. The van der Waals surface area contributed by atoms with Crippen molar-refractivity contribution in [2.45, 2.75) is 38.2 Å². The average Bonchev–Trinajstić information content (AvgIpc) is 2.84. The zero-order chi connectivity index (χ0) is 14.8. The van der Waals surface area contributed by atoms with Gasteiger partial charge in [0.2, 0.25) is 0 Å². The predicted molar refractivity (Wildman–Crippen MR) is 78.2 cm³/mol. The van der Waals surface area contributed by atoms with Gasteiger partial charge in [0.1, 0.15) is 11.6 Å². The third-order valence-electron chi connectivity index (χ3n) is 4.03. The second-order valence-corrected chi connectivity index (χ2v) is 5.80. The first kappa shape index (κ1) is 14.2. The summed E-state index contributed by atoms with van der Waals surface area (Å²) >= 11 is 0. The first-order valence-corrected chi connectivity index (χ1v) is 7.34. The Hall–Kier alpha value is -1.74. The molecule has 0 saturated heterocycles. The van der Waals surface area contributed by atoms with Crippen molar-refractivity contribution in [1.82, 2.24) is 0 Å². The van der Waals surface area contributed by atoms with Crippen molar-refractivity contribution in [3.8, 4) is 0 Å². The number of fused-ring (bicyclic) bond motifs is 1. The van der Waals surface area contributed by atoms with Gasteiger partial charge in [0, 0.05) is 6.07 Å². The van der Waals surface area contributed by atoms with Crippen molar-refractivity contribution < 1.29 is 13.9 Å². The summed E-state index contributed by atoms with van der Waals surface area (Å²) in [5.74, 6) is -1.20. The first-order chi connectivity index (χ1) is 10.1. The van der Waals surface area contributed by atoms with E-state index < -0.39 is 17.7 Å². The van der Waals surface area contributed by atoms with Crippen LogP contribution in [0.5, 0.6) is 0 Å². The van der Waals surface area contributed by atoms with Crippen molar-refractivity contribution in [3.63, 3.8) is 0 Å². The fourth-order valence-electron chi connectivity index (χ4n) is 3.10. The molecule has 110 valence electrons. The highest BCUT2D eigenvalue weighted by Gasteiger charge is 2.13. The van der Waals surface area contributed by atoms with Crippen molar-refractivity contribution in [3.05, 3.63) is 70.3 Å². The standard InChI is InChI=1S/C18H18F2O/c19-16-7-13(8-17(20)11-16)10-18(21)9-12-4-5-14-2-1-3-15(14)6-12/h4-8,11,18,21H,1-3,9-10H2. The minimum atomic E-state index is -0.634. The van der Waals surface area contributed by atoms with Crippen LogP contribution < -0.4 is 0 Å². The molecule has 1 nitrogen and oxygen atoms in total. The number of aliphatic hydroxyl groups is 1. The molecule has 0 spiro atoms. The zero-order valence-electron chi connectivity index (χ0n) is 11.8. The Kier molecular flexibility index (Phi) is 4.02. The van der Waals surface area contributed by atoms with Gasteiger partial charge < -0.3 is 5.11 Å². The molecule has 21 heavy (non-hydrogen) atoms. The predicted octanol–water partition coefficient (Wildman–Crippen LogP) is 3.60. The van der Waals surface area contributed by atoms with Crippen LogP contribution in [-0.2, 0) is 25.7 Å². The van der Waals surface area contributed by atoms with Gasteiger partial charge in [0.15, 0.2) is 0 Å². The molecule has 1 N–H and O–H groups in total. The molecule has 2 aromatic carbocycles. The Balaban J connectivity index is 1.67. The third-order valence-corrected chi connectivity index (χ3v) is 4.03. The summed E-state index contributed by atoms with van der Waals surface area (Å²) in [6.07, 6.45) is 3.57. The molecule has 3 heteroatoms. The molecule has 3 rings (SSSR count). The van der Waals surface area contributed by atoms with Gasteiger partial charge in [-0.1, -0.05) is 18.2 Å². The molecule has 0 bridgehead atoms. The number of hydrogen-bond donors (Lipinski definition) is 1. The number of hydrogen-bond acceptors (Lipinski definition) is 1. The lowest BCUT2D eigenvalue weighted by Gasteiger charge is -2.12. The second-order valence-electron chi connectivity index (χ2n) is 5.80. The monoisotopic (exact) mass is 288 g/mol. The van der Waals surface area contributed by atoms with E-state index in [0.29, 0.717) is 12.0 Å². The van der Waals surface area contributed by atoms with Crippen LogP contribution in [0.2, 0.25) is 0 Å². The summed E-state index contributed by atoms with van der Waals surface area (Å²) in [6.45, 7) is 0. The van der Waals surface area contributed by atoms with E-state index >= 15 is 0 Å². The Labute approximate surface area is 123 Å². The third kappa shape index (κ3) is 3.48. The molecule has 1 atom stereocenters. The molecule has 0 saturated carbocycles. The maximum absolute atomic E-state index is 13.1. The van der Waals surface area contributed by atoms with Crippen LogP contribution in [0.15, 0.2) is 36.4 Å². The van der Waals surface area contributed by atoms with Gasteiger partial charge in [0.25, 0.3) is 0 Å². The van der Waals surface area contributed by atoms with E-state index in [1.54, 1.807) is 0 Å². The van der Waals surface area contributed by atoms with Gasteiger partial charge >= 0.3 is 0 Å². The highest BCUT2D eigenvalue weighted by atomic mass is 19.1. The van der Waals surface area contributed by atoms with Gasteiger partial charge in [-0.25, -0.2) is 8.78 Å². The van der Waals surface area contributed by atoms with Crippen molar-refractivity contribution in [1.29, 1.82) is 0 Å². The second kappa shape index (κ2) is 5.94. The topological polar surface area (TPSA) is 20.2 Å². The van der Waals surface area contributed by atoms with Crippen LogP contribution in [0.1, 0.15) is 28.7 Å². The summed E-state index contributed by atoms with van der Waals surface area (Å²) in [4.78, 5) is 0. The summed E-state index contributed by atoms with van der Waals surface area (Å²) in [5.41, 5.74) is 4.35. The zero-order valence-corrected chi connectivity index (χ0v) is 11.8. The van der Waals surface area contributed by atoms with Crippen LogP contribution in [0.3, 0.4) is 0 Å². The number of benzene rings is 2. The van der Waals surface area contributed by atoms with E-state index in [-0.39, 0.29) is 6.42 Å². The molecule has 2 aromatic rings. The quantitative estimate of drug-likeness (QED) is 0.911. The van der Waals surface area contributed by atoms with E-state index in [4.69, 9.17) is 0 Å². The average molecular weight is 288 g/mol. The Bertz CT molecular complexity index is 631. The Morgan fingerprint density at radius 2 is 1.52 bits per heavy atom. The van der Waals surface area contributed by atoms with E-state index in [1.807, 2.05) is 6.07 Å². The maximum atomic E-state index is 13.1. The van der Waals surface area contributed by atoms with E-state index in [0.717, 1.165) is 24.5 Å². The van der Waals surface area contributed by atoms with Gasteiger partial charge in [0.05, 0.1) is 6.10 Å². The fraction of sp³-hybridized carbons (Fsp3) is 0.333. The normalized spacial score (nSPS) is 15.0. The van der Waals surface area contributed by atoms with Gasteiger partial charge in [-0.15, -0.1) is 0 Å². The molecular weight excluding hydrogens is 270 g/mol. The highest BCUT2D eigenvalue weighted by molar-refractivity contribution is 5.35. The molecule has 1 unspecified atom stereocenters. The molecule has 0 fully saturated rings. The molecule has 0 radical (unpaired) electrons. The van der Waals surface area contributed by atoms with E-state index in [9.17, 15) is 13.9 Å². The molecule has 0 aromatic heterocycles. The number of aliphatic hydroxyl groups excluding tert-OH is 1. The lowest BCUT2D eigenvalue weighted by molar-refractivity contribution is 0.175. The van der Waals surface area contributed by atoms with Gasteiger partial charge in [-0.05, 0) is 66.5 Å². The lowest BCUT2D eigenvalue weighted by atomic mass is 9.98. The molecular formula is C18H18F2O. The molecule has 0 amide bonds. The van der Waals surface area contributed by atoms with Crippen LogP contribution in [0.25, 0.3) is 0 Å². The Morgan fingerprint density at radius 1 is 0.857 bits per heavy atom. The van der Waals surface area contributed by atoms with Gasteiger partial charge in [-0.2, -0.15) is 0 Å². The van der Waals surface area contributed by atoms with Crippen LogP contribution in [0.4, 0.5) is 8.78 Å². The van der Waals surface area contributed by atoms with Crippen LogP contribution in [-0.4, -0.2) is 11.2 Å². The van der Waals surface area contributed by atoms with Crippen LogP contribution in [0, 0.1) is 11.6 Å². The fourth-order valence-corrected chi connectivity index (χ4v) is 3.10. The number of rotatable bonds is 4. The van der Waals surface area contributed by atoms with Crippen molar-refractivity contribution >= 4 is 0 Å². The molecule has 0 heterocycles. The lowest BCUT2D eigenvalue weighted by Crippen LogP contribution is -2.14. The van der Waals surface area contributed by atoms with E-state index in [2.05, 4.69) is 12.1 Å². The molecule has 0 aliphatic heterocycles. The molecule has 1 aliphatic rings. The van der Waals surface area contributed by atoms with Crippen LogP contribution >= 0.6 is 0 Å². The first-order valence-electron chi connectivity index (χ1n) is 7.34. The minimum absolute atomic E-state index is 0.256. The largest absolute Gasteiger partial charge is 0.392 e. The van der Waals surface area contributed by atoms with Crippen molar-refractivity contribution in [2.75, 3.05) is 0 Å². The SMILES string of the molecule is OC(Cc1cc(F)cc(F)c1)Cc1ccc2c(c1)CCC2. The smallest absolute Gasteiger partial charge is 0.126 e.